The maximum absolute atomic E-state index is 14.7. The minimum Gasteiger partial charge on any atom is -0.494 e. The van der Waals surface area contributed by atoms with Crippen LogP contribution in [0.5, 0.6) is 5.75 Å². The molecule has 0 unspecified atom stereocenters. The number of carbonyl (C=O) groups is 1. The lowest BCUT2D eigenvalue weighted by atomic mass is 9.78. The topological polar surface area (TPSA) is 71.4 Å². The number of aliphatic hydroxyl groups excluding tert-OH is 1. The van der Waals surface area contributed by atoms with Crippen molar-refractivity contribution >= 4 is 33.4 Å². The highest BCUT2D eigenvalue weighted by Crippen LogP contribution is 2.50. The summed E-state index contributed by atoms with van der Waals surface area (Å²) in [5.74, 6) is 1.05. The molecule has 0 spiro atoms. The minimum atomic E-state index is -1.18. The molecule has 40 heavy (non-hydrogen) atoms. The third-order valence-corrected chi connectivity index (χ3v) is 8.14. The van der Waals surface area contributed by atoms with E-state index in [1.54, 1.807) is 0 Å². The van der Waals surface area contributed by atoms with Gasteiger partial charge in [-0.15, -0.1) is 0 Å². The Bertz CT molecular complexity index is 1540. The van der Waals surface area contributed by atoms with Gasteiger partial charge in [-0.25, -0.2) is 4.99 Å². The van der Waals surface area contributed by atoms with E-state index in [1.807, 2.05) is 108 Å². The van der Waals surface area contributed by atoms with Gasteiger partial charge in [-0.2, -0.15) is 0 Å². The number of nitrogens with zero attached hydrogens (tertiary/aromatic N) is 2. The molecule has 0 saturated heterocycles. The van der Waals surface area contributed by atoms with Crippen molar-refractivity contribution < 1.29 is 19.4 Å². The smallest absolute Gasteiger partial charge is 0.259 e. The van der Waals surface area contributed by atoms with E-state index in [-0.39, 0.29) is 12.5 Å². The summed E-state index contributed by atoms with van der Waals surface area (Å²) in [6.45, 7) is 0.958. The summed E-state index contributed by atoms with van der Waals surface area (Å²) in [6, 6.07) is 33.4. The van der Waals surface area contributed by atoms with E-state index < -0.39 is 11.6 Å². The number of anilines is 1. The quantitative estimate of drug-likeness (QED) is 0.232. The van der Waals surface area contributed by atoms with Crippen LogP contribution < -0.4 is 9.64 Å². The van der Waals surface area contributed by atoms with Crippen LogP contribution in [0.4, 0.5) is 5.69 Å². The molecule has 202 valence electrons. The Morgan fingerprint density at radius 1 is 0.925 bits per heavy atom. The summed E-state index contributed by atoms with van der Waals surface area (Å²) < 4.78 is 13.2. The van der Waals surface area contributed by atoms with Crippen molar-refractivity contribution in [1.29, 1.82) is 0 Å². The molecule has 1 amide bonds. The summed E-state index contributed by atoms with van der Waals surface area (Å²) in [5.41, 5.74) is 3.40. The van der Waals surface area contributed by atoms with Crippen molar-refractivity contribution in [1.82, 2.24) is 0 Å². The van der Waals surface area contributed by atoms with Crippen LogP contribution >= 0.6 is 15.9 Å². The fourth-order valence-corrected chi connectivity index (χ4v) is 5.82. The van der Waals surface area contributed by atoms with Gasteiger partial charge in [0.15, 0.2) is 11.6 Å². The van der Waals surface area contributed by atoms with Gasteiger partial charge in [0.25, 0.3) is 5.91 Å². The van der Waals surface area contributed by atoms with Gasteiger partial charge in [0.1, 0.15) is 5.75 Å². The monoisotopic (exact) mass is 596 g/mol. The van der Waals surface area contributed by atoms with Gasteiger partial charge in [0.05, 0.1) is 18.8 Å². The zero-order valence-electron chi connectivity index (χ0n) is 21.9. The van der Waals surface area contributed by atoms with Crippen LogP contribution in [0.1, 0.15) is 34.8 Å². The second-order valence-electron chi connectivity index (χ2n) is 9.99. The maximum atomic E-state index is 14.7. The number of ether oxygens (including phenoxy) is 2. The molecule has 1 N–H and O–H groups in total. The molecule has 2 heterocycles. The Morgan fingerprint density at radius 3 is 2.42 bits per heavy atom. The fraction of sp³-hybridized carbons (Fsp3) is 0.212. The zero-order valence-corrected chi connectivity index (χ0v) is 23.5. The van der Waals surface area contributed by atoms with E-state index in [1.165, 1.54) is 0 Å². The molecule has 4 aromatic rings. The summed E-state index contributed by atoms with van der Waals surface area (Å²) in [7, 11) is 0. The Balaban J connectivity index is 1.44. The van der Waals surface area contributed by atoms with Crippen LogP contribution in [-0.4, -0.2) is 35.7 Å². The molecule has 4 aromatic carbocycles. The molecule has 6 rings (SSSR count). The number of hydrogen-bond donors (Lipinski definition) is 1. The van der Waals surface area contributed by atoms with Crippen LogP contribution in [0.15, 0.2) is 113 Å². The zero-order chi connectivity index (χ0) is 27.5. The molecule has 2 atom stereocenters. The molecule has 0 bridgehead atoms. The molecule has 0 radical (unpaired) electrons. The fourth-order valence-electron chi connectivity index (χ4n) is 5.40. The number of para-hydroxylation sites is 1. The van der Waals surface area contributed by atoms with Crippen molar-refractivity contribution in [2.45, 2.75) is 31.0 Å². The average molecular weight is 598 g/mol. The Labute approximate surface area is 242 Å². The van der Waals surface area contributed by atoms with Crippen LogP contribution in [-0.2, 0) is 22.5 Å². The number of aliphatic imine (C=N–C) groups is 1. The molecule has 0 saturated carbocycles. The average Bonchev–Trinajstić information content (AvgIpc) is 3.38. The normalized spacial score (nSPS) is 19.4. The molecule has 0 aromatic heterocycles. The molecule has 6 nitrogen and oxygen atoms in total. The highest BCUT2D eigenvalue weighted by Gasteiger charge is 2.58. The summed E-state index contributed by atoms with van der Waals surface area (Å²) in [4.78, 5) is 21.7. The van der Waals surface area contributed by atoms with Gasteiger partial charge < -0.3 is 19.5 Å². The third kappa shape index (κ3) is 4.91. The molecule has 2 aliphatic heterocycles. The number of benzene rings is 4. The highest BCUT2D eigenvalue weighted by molar-refractivity contribution is 9.10. The number of halogens is 1. The number of amides is 1. The van der Waals surface area contributed by atoms with E-state index in [2.05, 4.69) is 15.9 Å². The van der Waals surface area contributed by atoms with E-state index >= 15 is 0 Å². The predicted molar refractivity (Wildman–Crippen MR) is 159 cm³/mol. The molecule has 2 aliphatic rings. The van der Waals surface area contributed by atoms with Crippen LogP contribution in [0, 0.1) is 0 Å². The highest BCUT2D eigenvalue weighted by atomic mass is 79.9. The van der Waals surface area contributed by atoms with Crippen molar-refractivity contribution in [3.05, 3.63) is 130 Å². The molecule has 7 heteroatoms. The first-order chi connectivity index (χ1) is 19.6. The number of carbonyl (C=O) groups excluding carboxylic acids is 1. The minimum absolute atomic E-state index is 0.0839. The first kappa shape index (κ1) is 26.3. The Morgan fingerprint density at radius 2 is 1.65 bits per heavy atom. The Hall–Kier alpha value is -3.94. The van der Waals surface area contributed by atoms with Crippen molar-refractivity contribution in [3.8, 4) is 5.75 Å². The van der Waals surface area contributed by atoms with Crippen LogP contribution in [0.25, 0.3) is 0 Å². The lowest BCUT2D eigenvalue weighted by Crippen LogP contribution is -2.55. The van der Waals surface area contributed by atoms with Gasteiger partial charge in [-0.05, 0) is 47.5 Å². The van der Waals surface area contributed by atoms with Gasteiger partial charge in [0.2, 0.25) is 5.90 Å². The molecule has 0 aliphatic carbocycles. The predicted octanol–water partition coefficient (Wildman–Crippen LogP) is 6.26. The maximum Gasteiger partial charge on any atom is 0.259 e. The first-order valence-corrected chi connectivity index (χ1v) is 14.2. The molecular weight excluding hydrogens is 568 g/mol. The summed E-state index contributed by atoms with van der Waals surface area (Å²) in [6.07, 6.45) is 0.368. The Kier molecular flexibility index (Phi) is 7.41. The van der Waals surface area contributed by atoms with Gasteiger partial charge >= 0.3 is 0 Å². The van der Waals surface area contributed by atoms with Gasteiger partial charge in [0, 0.05) is 35.0 Å². The number of aliphatic hydroxyl groups is 1. The van der Waals surface area contributed by atoms with E-state index in [9.17, 15) is 4.79 Å². The third-order valence-electron chi connectivity index (χ3n) is 7.36. The van der Waals surface area contributed by atoms with Gasteiger partial charge in [-0.3, -0.25) is 4.79 Å². The second-order valence-corrected chi connectivity index (χ2v) is 10.8. The lowest BCUT2D eigenvalue weighted by molar-refractivity contribution is -0.127. The van der Waals surface area contributed by atoms with Crippen molar-refractivity contribution in [2.24, 2.45) is 4.99 Å². The number of rotatable bonds is 9. The molecule has 0 fully saturated rings. The second kappa shape index (κ2) is 11.3. The number of fused-ring (bicyclic) bond motifs is 3. The standard InChI is InChI=1S/C33H29BrN2O4/c34-28-13-6-4-11-25(28)21-33-30(40-31(35-33)24-15-17-26(18-16-24)39-20-8-19-37)27-12-5-7-14-29(27)36(32(33)38)22-23-9-2-1-3-10-23/h1-7,9-18,30,37H,8,19-22H2/t30-,33-/m1/s1. The van der Waals surface area contributed by atoms with Crippen molar-refractivity contribution in [3.63, 3.8) is 0 Å². The first-order valence-electron chi connectivity index (χ1n) is 13.4. The lowest BCUT2D eigenvalue weighted by Gasteiger charge is -2.42. The van der Waals surface area contributed by atoms with Crippen molar-refractivity contribution in [2.75, 3.05) is 18.1 Å². The van der Waals surface area contributed by atoms with E-state index in [0.29, 0.717) is 37.6 Å². The molecular formula is C33H29BrN2O4. The van der Waals surface area contributed by atoms with Crippen LogP contribution in [0.3, 0.4) is 0 Å². The SMILES string of the molecule is O=C1N(Cc2ccccc2)c2ccccc2[C@H]2OC(c3ccc(OCCCO)cc3)=N[C@@]12Cc1ccccc1Br. The van der Waals surface area contributed by atoms with Gasteiger partial charge in [-0.1, -0.05) is 82.7 Å². The summed E-state index contributed by atoms with van der Waals surface area (Å²) in [5, 5.41) is 9.03. The summed E-state index contributed by atoms with van der Waals surface area (Å²) >= 11 is 3.69. The number of hydrogen-bond acceptors (Lipinski definition) is 5. The van der Waals surface area contributed by atoms with E-state index in [4.69, 9.17) is 19.6 Å². The van der Waals surface area contributed by atoms with E-state index in [0.717, 1.165) is 32.4 Å². The van der Waals surface area contributed by atoms with Crippen LogP contribution in [0.2, 0.25) is 0 Å². The largest absolute Gasteiger partial charge is 0.494 e.